The number of hydrogen-bond acceptors (Lipinski definition) is 24. The van der Waals surface area contributed by atoms with E-state index in [1.165, 1.54) is 225 Å². The fourth-order valence-electron chi connectivity index (χ4n) is 17.2. The van der Waals surface area contributed by atoms with Crippen molar-refractivity contribution >= 4 is 31.7 Å². The van der Waals surface area contributed by atoms with Crippen LogP contribution in [-0.2, 0) is 70.7 Å². The Bertz CT molecular complexity index is 2580. The summed E-state index contributed by atoms with van der Waals surface area (Å²) in [6, 6.07) is 0. The Balaban J connectivity index is 1.91. The molecule has 1 aliphatic carbocycles. The van der Waals surface area contributed by atoms with Crippen molar-refractivity contribution in [2.24, 2.45) is 11.8 Å². The first-order valence-corrected chi connectivity index (χ1v) is 52.0. The highest BCUT2D eigenvalue weighted by molar-refractivity contribution is 7.47. The molecule has 3 aliphatic rings. The van der Waals surface area contributed by atoms with Gasteiger partial charge in [-0.25, -0.2) is 4.57 Å². The molecule has 0 spiro atoms. The average Bonchev–Trinajstić information content (AvgIpc) is 0.753. The van der Waals surface area contributed by atoms with E-state index in [-0.39, 0.29) is 25.7 Å². The zero-order valence-corrected chi connectivity index (χ0v) is 79.0. The van der Waals surface area contributed by atoms with Crippen molar-refractivity contribution in [1.29, 1.82) is 0 Å². The van der Waals surface area contributed by atoms with Crippen LogP contribution in [0, 0.1) is 11.8 Å². The average molecular weight is 1780 g/mol. The predicted octanol–water partition coefficient (Wildman–Crippen LogP) is 19.8. The maximum absolute atomic E-state index is 15.0. The molecule has 0 radical (unpaired) electrons. The Labute approximate surface area is 744 Å². The van der Waals surface area contributed by atoms with Gasteiger partial charge >= 0.3 is 31.7 Å². The molecule has 20 atom stereocenters. The summed E-state index contributed by atoms with van der Waals surface area (Å²) < 4.78 is 73.8. The van der Waals surface area contributed by atoms with Crippen molar-refractivity contribution in [3.63, 3.8) is 0 Å². The van der Waals surface area contributed by atoms with E-state index in [1.807, 2.05) is 0 Å². The minimum atomic E-state index is -5.81. The lowest BCUT2D eigenvalue weighted by atomic mass is 9.84. The normalized spacial score (nSPS) is 24.9. The molecule has 20 unspecified atom stereocenters. The molecular formula is C97H183O25P. The lowest BCUT2D eigenvalue weighted by molar-refractivity contribution is -0.360. The SMILES string of the molecule is CCCCCCCCCCCCCCCCCCC(=O)OCC1OC(OC2C(OC(=O)CCCCCCCCCCCCCCCCCC)C(O)C(O)C(OC3OC(CO)C(O)C(O)C3O)C2OP(=O)(O)OCC(COC(=O)CCCCCCCCC(C)CCCCCCCC)OC(=O)CCCCCCCCC(C)CCCCCCCC)C(O)C(O)C1O. The van der Waals surface area contributed by atoms with Gasteiger partial charge in [0.2, 0.25) is 0 Å². The number of rotatable bonds is 82. The largest absolute Gasteiger partial charge is 0.472 e. The quantitative estimate of drug-likeness (QED) is 0.0117. The van der Waals surface area contributed by atoms with Crippen LogP contribution in [0.4, 0.5) is 0 Å². The number of ether oxygens (including phenoxy) is 8. The summed E-state index contributed by atoms with van der Waals surface area (Å²) in [5, 5.41) is 103. The highest BCUT2D eigenvalue weighted by Crippen LogP contribution is 2.49. The number of carbonyl (C=O) groups is 4. The molecule has 0 aromatic rings. The Hall–Kier alpha value is -2.53. The van der Waals surface area contributed by atoms with Crippen LogP contribution >= 0.6 is 7.82 Å². The summed E-state index contributed by atoms with van der Waals surface area (Å²) in [7, 11) is -5.81. The smallest absolute Gasteiger partial charge is 0.463 e. The Morgan fingerprint density at radius 2 is 0.610 bits per heavy atom. The highest BCUT2D eigenvalue weighted by Gasteiger charge is 2.60. The van der Waals surface area contributed by atoms with Crippen LogP contribution in [0.15, 0.2) is 0 Å². The third kappa shape index (κ3) is 54.2. The van der Waals surface area contributed by atoms with Gasteiger partial charge in [0.05, 0.1) is 13.2 Å². The van der Waals surface area contributed by atoms with Gasteiger partial charge < -0.3 is 88.7 Å². The van der Waals surface area contributed by atoms with E-state index in [1.54, 1.807) is 0 Å². The monoisotopic (exact) mass is 1780 g/mol. The van der Waals surface area contributed by atoms with Gasteiger partial charge in [0.15, 0.2) is 24.8 Å². The number of hydrogen-bond donors (Lipinski definition) is 10. The number of carbonyl (C=O) groups excluding carboxylic acids is 4. The molecule has 726 valence electrons. The summed E-state index contributed by atoms with van der Waals surface area (Å²) >= 11 is 0. The number of esters is 4. The Kier molecular flexibility index (Phi) is 69.0. The molecule has 25 nitrogen and oxygen atoms in total. The number of aliphatic hydroxyl groups excluding tert-OH is 9. The van der Waals surface area contributed by atoms with Crippen LogP contribution in [0.3, 0.4) is 0 Å². The molecule has 3 fully saturated rings. The van der Waals surface area contributed by atoms with Gasteiger partial charge in [-0.1, -0.05) is 401 Å². The fraction of sp³-hybridized carbons (Fsp3) is 0.959. The molecule has 0 bridgehead atoms. The number of phosphoric ester groups is 1. The second kappa shape index (κ2) is 74.1. The van der Waals surface area contributed by atoms with Crippen LogP contribution in [0.1, 0.15) is 452 Å². The first-order chi connectivity index (χ1) is 59.5. The standard InChI is InChI=1S/C97H183O25P/c1-7-11-15-19-23-25-27-29-31-33-35-37-39-41-51-60-68-81(100)114-74-79-85(104)87(106)91(110)97(118-79)121-94-92(119-83(102)70-62-53-42-40-38-36-34-32-30-28-26-24-20-16-12-8-2)88(107)89(108)93(120-96-90(109)86(105)84(103)78(71-98)117-96)95(94)122-123(111,112)115-73-77(116-82(101)69-61-54-46-44-50-58-66-76(6)64-56-48-22-18-14-10-4)72-113-80(99)67-59-52-45-43-49-57-65-75(5)63-55-47-21-17-13-9-3/h75-79,84-98,103-110H,7-74H2,1-6H3,(H,111,112). The van der Waals surface area contributed by atoms with Gasteiger partial charge in [0.25, 0.3) is 0 Å². The molecule has 0 amide bonds. The summed E-state index contributed by atoms with van der Waals surface area (Å²) in [5.74, 6) is -1.58. The van der Waals surface area contributed by atoms with Crippen LogP contribution in [0.5, 0.6) is 0 Å². The fourth-order valence-corrected chi connectivity index (χ4v) is 18.2. The minimum Gasteiger partial charge on any atom is -0.463 e. The van der Waals surface area contributed by atoms with Gasteiger partial charge in [0.1, 0.15) is 92.6 Å². The second-order valence-corrected chi connectivity index (χ2v) is 38.3. The van der Waals surface area contributed by atoms with Gasteiger partial charge in [-0.3, -0.25) is 28.2 Å². The molecular weight excluding hydrogens is 1600 g/mol. The molecule has 123 heavy (non-hydrogen) atoms. The molecule has 1 saturated carbocycles. The molecule has 3 rings (SSSR count). The van der Waals surface area contributed by atoms with E-state index >= 15 is 0 Å². The van der Waals surface area contributed by atoms with E-state index in [0.717, 1.165) is 128 Å². The lowest BCUT2D eigenvalue weighted by Gasteiger charge is -2.50. The van der Waals surface area contributed by atoms with E-state index in [9.17, 15) is 74.6 Å². The van der Waals surface area contributed by atoms with Crippen molar-refractivity contribution in [1.82, 2.24) is 0 Å². The maximum atomic E-state index is 15.0. The van der Waals surface area contributed by atoms with Gasteiger partial charge in [-0.15, -0.1) is 0 Å². The molecule has 0 aromatic carbocycles. The van der Waals surface area contributed by atoms with Crippen LogP contribution in [-0.4, -0.2) is 205 Å². The number of phosphoric acid groups is 1. The molecule has 2 saturated heterocycles. The highest BCUT2D eigenvalue weighted by atomic mass is 31.2. The summed E-state index contributed by atoms with van der Waals surface area (Å²) in [4.78, 5) is 66.8. The third-order valence-electron chi connectivity index (χ3n) is 25.4. The van der Waals surface area contributed by atoms with Crippen molar-refractivity contribution < 1.29 is 122 Å². The topological polar surface area (TPSA) is 380 Å². The molecule has 0 aromatic heterocycles. The van der Waals surface area contributed by atoms with Crippen molar-refractivity contribution in [2.75, 3.05) is 26.4 Å². The van der Waals surface area contributed by atoms with E-state index in [2.05, 4.69) is 41.5 Å². The molecule has 2 heterocycles. The van der Waals surface area contributed by atoms with E-state index in [4.69, 9.17) is 46.9 Å². The molecule has 26 heteroatoms. The minimum absolute atomic E-state index is 0.0197. The maximum Gasteiger partial charge on any atom is 0.472 e. The second-order valence-electron chi connectivity index (χ2n) is 36.9. The molecule has 2 aliphatic heterocycles. The van der Waals surface area contributed by atoms with Crippen molar-refractivity contribution in [3.8, 4) is 0 Å². The van der Waals surface area contributed by atoms with Gasteiger partial charge in [0, 0.05) is 25.7 Å². The molecule has 10 N–H and O–H groups in total. The first-order valence-electron chi connectivity index (χ1n) is 50.6. The van der Waals surface area contributed by atoms with Crippen molar-refractivity contribution in [2.45, 2.75) is 557 Å². The summed E-state index contributed by atoms with van der Waals surface area (Å²) in [6.07, 6.45) is 30.6. The Morgan fingerprint density at radius 1 is 0.317 bits per heavy atom. The first kappa shape index (κ1) is 115. The third-order valence-corrected chi connectivity index (χ3v) is 26.4. The zero-order valence-electron chi connectivity index (χ0n) is 78.1. The van der Waals surface area contributed by atoms with Crippen LogP contribution in [0.2, 0.25) is 0 Å². The predicted molar refractivity (Wildman–Crippen MR) is 481 cm³/mol. The lowest BCUT2D eigenvalue weighted by Crippen LogP contribution is -2.70. The number of aliphatic hydroxyl groups is 9. The van der Waals surface area contributed by atoms with Gasteiger partial charge in [-0.05, 0) is 37.5 Å². The zero-order chi connectivity index (χ0) is 89.9. The van der Waals surface area contributed by atoms with Crippen molar-refractivity contribution in [3.05, 3.63) is 0 Å². The van der Waals surface area contributed by atoms with Crippen LogP contribution in [0.25, 0.3) is 0 Å². The Morgan fingerprint density at radius 3 is 0.967 bits per heavy atom. The number of unbranched alkanes of at least 4 members (excludes halogenated alkanes) is 50. The summed E-state index contributed by atoms with van der Waals surface area (Å²) in [5.41, 5.74) is 0. The van der Waals surface area contributed by atoms with Gasteiger partial charge in [-0.2, -0.15) is 0 Å². The van der Waals surface area contributed by atoms with E-state index in [0.29, 0.717) is 43.9 Å². The van der Waals surface area contributed by atoms with E-state index < -0.39 is 162 Å². The van der Waals surface area contributed by atoms with Crippen LogP contribution < -0.4 is 0 Å². The summed E-state index contributed by atoms with van der Waals surface area (Å²) in [6.45, 7) is 10.3.